The van der Waals surface area contributed by atoms with Crippen LogP contribution in [0.4, 0.5) is 4.79 Å². The number of ether oxygens (including phenoxy) is 2. The average Bonchev–Trinajstić information content (AvgIpc) is 2.75. The van der Waals surface area contributed by atoms with Crippen molar-refractivity contribution >= 4 is 18.0 Å². The Balaban J connectivity index is 2.04. The molecule has 2 amide bonds. The Bertz CT molecular complexity index is 471. The molecule has 7 nitrogen and oxygen atoms in total. The van der Waals surface area contributed by atoms with Crippen LogP contribution in [0.1, 0.15) is 40.0 Å². The number of alkyl carbamates (subject to hydrolysis) is 1. The van der Waals surface area contributed by atoms with Crippen LogP contribution in [0.25, 0.3) is 0 Å². The molecule has 0 bridgehead atoms. The van der Waals surface area contributed by atoms with Crippen molar-refractivity contribution in [3.05, 3.63) is 0 Å². The molecule has 3 atom stereocenters. The summed E-state index contributed by atoms with van der Waals surface area (Å²) < 4.78 is 9.96. The summed E-state index contributed by atoms with van der Waals surface area (Å²) in [6.07, 6.45) is 1.44. The molecule has 124 valence electrons. The molecule has 0 aromatic rings. The summed E-state index contributed by atoms with van der Waals surface area (Å²) in [4.78, 5) is 37.6. The van der Waals surface area contributed by atoms with E-state index in [9.17, 15) is 14.4 Å². The zero-order chi connectivity index (χ0) is 16.5. The van der Waals surface area contributed by atoms with E-state index in [0.29, 0.717) is 13.0 Å². The van der Waals surface area contributed by atoms with Crippen molar-refractivity contribution in [2.24, 2.45) is 5.92 Å². The highest BCUT2D eigenvalue weighted by molar-refractivity contribution is 5.99. The smallest absolute Gasteiger partial charge is 0.407 e. The van der Waals surface area contributed by atoms with E-state index >= 15 is 0 Å². The Labute approximate surface area is 130 Å². The second-order valence-electron chi connectivity index (χ2n) is 6.81. The van der Waals surface area contributed by atoms with Gasteiger partial charge in [0.2, 0.25) is 5.91 Å². The first-order chi connectivity index (χ1) is 10.2. The molecule has 7 heteroatoms. The van der Waals surface area contributed by atoms with Gasteiger partial charge in [-0.1, -0.05) is 0 Å². The zero-order valence-electron chi connectivity index (χ0n) is 13.5. The lowest BCUT2D eigenvalue weighted by molar-refractivity contribution is -0.150. The van der Waals surface area contributed by atoms with Gasteiger partial charge in [0.15, 0.2) is 0 Å². The van der Waals surface area contributed by atoms with E-state index in [1.807, 2.05) is 0 Å². The van der Waals surface area contributed by atoms with Crippen LogP contribution in [0.5, 0.6) is 0 Å². The molecule has 0 aromatic heterocycles. The topological polar surface area (TPSA) is 84.9 Å². The lowest BCUT2D eigenvalue weighted by atomic mass is 9.94. The summed E-state index contributed by atoms with van der Waals surface area (Å²) in [5, 5.41) is 2.84. The summed E-state index contributed by atoms with van der Waals surface area (Å²) in [6, 6.07) is -0.361. The van der Waals surface area contributed by atoms with Crippen molar-refractivity contribution in [1.82, 2.24) is 10.2 Å². The fourth-order valence-corrected chi connectivity index (χ4v) is 3.13. The molecule has 0 spiro atoms. The van der Waals surface area contributed by atoms with Crippen LogP contribution in [-0.2, 0) is 19.1 Å². The third-order valence-corrected chi connectivity index (χ3v) is 4.03. The van der Waals surface area contributed by atoms with Gasteiger partial charge in [-0.3, -0.25) is 9.59 Å². The molecule has 2 aliphatic rings. The summed E-state index contributed by atoms with van der Waals surface area (Å²) in [5.41, 5.74) is -0.571. The highest BCUT2D eigenvalue weighted by atomic mass is 16.6. The molecule has 0 aliphatic carbocycles. The van der Waals surface area contributed by atoms with Gasteiger partial charge in [-0.2, -0.15) is 0 Å². The molecule has 2 rings (SSSR count). The largest absolute Gasteiger partial charge is 0.468 e. The standard InChI is InChI=1S/C15H24N2O5/c1-15(2,3)22-14(20)16-10-6-5-7-17-11(10)8-9(12(17)18)13(19)21-4/h9-11H,5-8H2,1-4H3,(H,16,20)/t9-,10-,11-/m1/s1. The van der Waals surface area contributed by atoms with Gasteiger partial charge in [-0.05, 0) is 40.0 Å². The normalized spacial score (nSPS) is 28.1. The van der Waals surface area contributed by atoms with E-state index in [4.69, 9.17) is 9.47 Å². The van der Waals surface area contributed by atoms with Crippen LogP contribution in [0.15, 0.2) is 0 Å². The summed E-state index contributed by atoms with van der Waals surface area (Å²) >= 11 is 0. The Morgan fingerprint density at radius 3 is 2.59 bits per heavy atom. The third kappa shape index (κ3) is 3.51. The lowest BCUT2D eigenvalue weighted by Crippen LogP contribution is -2.54. The summed E-state index contributed by atoms with van der Waals surface area (Å²) in [7, 11) is 1.28. The molecule has 2 saturated heterocycles. The minimum absolute atomic E-state index is 0.169. The molecule has 2 heterocycles. The molecular weight excluding hydrogens is 288 g/mol. The molecule has 2 aliphatic heterocycles. The first kappa shape index (κ1) is 16.6. The zero-order valence-corrected chi connectivity index (χ0v) is 13.5. The maximum Gasteiger partial charge on any atom is 0.407 e. The van der Waals surface area contributed by atoms with E-state index in [0.717, 1.165) is 12.8 Å². The number of piperidine rings is 1. The average molecular weight is 312 g/mol. The number of fused-ring (bicyclic) bond motifs is 1. The number of nitrogens with one attached hydrogen (secondary N) is 1. The fourth-order valence-electron chi connectivity index (χ4n) is 3.13. The monoisotopic (exact) mass is 312 g/mol. The summed E-state index contributed by atoms with van der Waals surface area (Å²) in [6.45, 7) is 6.01. The SMILES string of the molecule is COC(=O)[C@@H]1C[C@@H]2[C@H](NC(=O)OC(C)(C)C)CCCN2C1=O. The number of hydrogen-bond acceptors (Lipinski definition) is 5. The van der Waals surface area contributed by atoms with Crippen molar-refractivity contribution in [1.29, 1.82) is 0 Å². The van der Waals surface area contributed by atoms with E-state index in [1.54, 1.807) is 25.7 Å². The molecule has 2 fully saturated rings. The summed E-state index contributed by atoms with van der Waals surface area (Å²) in [5.74, 6) is -1.46. The van der Waals surface area contributed by atoms with Crippen LogP contribution in [0.2, 0.25) is 0 Å². The van der Waals surface area contributed by atoms with Gasteiger partial charge >= 0.3 is 12.1 Å². The van der Waals surface area contributed by atoms with Gasteiger partial charge in [0.1, 0.15) is 11.5 Å². The van der Waals surface area contributed by atoms with Crippen LogP contribution in [0, 0.1) is 5.92 Å². The number of rotatable bonds is 2. The number of amides is 2. The second-order valence-corrected chi connectivity index (χ2v) is 6.81. The maximum absolute atomic E-state index is 12.3. The molecular formula is C15H24N2O5. The Morgan fingerprint density at radius 1 is 1.32 bits per heavy atom. The first-order valence-electron chi connectivity index (χ1n) is 7.61. The highest BCUT2D eigenvalue weighted by Crippen LogP contribution is 2.32. The number of methoxy groups -OCH3 is 1. The quantitative estimate of drug-likeness (QED) is 0.609. The Hall–Kier alpha value is -1.79. The van der Waals surface area contributed by atoms with Gasteiger partial charge in [-0.15, -0.1) is 0 Å². The predicted octanol–water partition coefficient (Wildman–Crippen LogP) is 1.06. The predicted molar refractivity (Wildman–Crippen MR) is 78.0 cm³/mol. The minimum Gasteiger partial charge on any atom is -0.468 e. The molecule has 0 aromatic carbocycles. The van der Waals surface area contributed by atoms with Gasteiger partial charge in [-0.25, -0.2) is 4.79 Å². The molecule has 0 saturated carbocycles. The number of carbonyl (C=O) groups excluding carboxylic acids is 3. The van der Waals surface area contributed by atoms with Crippen LogP contribution >= 0.6 is 0 Å². The highest BCUT2D eigenvalue weighted by Gasteiger charge is 2.48. The molecule has 0 unspecified atom stereocenters. The van der Waals surface area contributed by atoms with Crippen molar-refractivity contribution in [2.75, 3.05) is 13.7 Å². The second kappa shape index (κ2) is 6.14. The lowest BCUT2D eigenvalue weighted by Gasteiger charge is -2.37. The van der Waals surface area contributed by atoms with E-state index < -0.39 is 23.6 Å². The Morgan fingerprint density at radius 2 is 2.00 bits per heavy atom. The maximum atomic E-state index is 12.3. The van der Waals surface area contributed by atoms with Gasteiger partial charge in [0.05, 0.1) is 19.2 Å². The fraction of sp³-hybridized carbons (Fsp3) is 0.800. The van der Waals surface area contributed by atoms with Gasteiger partial charge in [0, 0.05) is 6.54 Å². The molecule has 22 heavy (non-hydrogen) atoms. The van der Waals surface area contributed by atoms with E-state index in [2.05, 4.69) is 5.32 Å². The van der Waals surface area contributed by atoms with Crippen LogP contribution < -0.4 is 5.32 Å². The van der Waals surface area contributed by atoms with Crippen LogP contribution in [0.3, 0.4) is 0 Å². The molecule has 1 N–H and O–H groups in total. The number of nitrogens with zero attached hydrogens (tertiary/aromatic N) is 1. The van der Waals surface area contributed by atoms with Crippen molar-refractivity contribution in [3.8, 4) is 0 Å². The van der Waals surface area contributed by atoms with Gasteiger partial charge in [0.25, 0.3) is 0 Å². The van der Waals surface area contributed by atoms with Crippen LogP contribution in [-0.4, -0.2) is 54.2 Å². The first-order valence-corrected chi connectivity index (χ1v) is 7.61. The Kier molecular flexibility index (Phi) is 4.63. The van der Waals surface area contributed by atoms with E-state index in [-0.39, 0.29) is 18.0 Å². The van der Waals surface area contributed by atoms with Crippen molar-refractivity contribution in [2.45, 2.75) is 57.7 Å². The number of carbonyl (C=O) groups is 3. The number of hydrogen-bond donors (Lipinski definition) is 1. The van der Waals surface area contributed by atoms with Crippen molar-refractivity contribution < 1.29 is 23.9 Å². The third-order valence-electron chi connectivity index (χ3n) is 4.03. The molecule has 0 radical (unpaired) electrons. The minimum atomic E-state index is -0.754. The number of esters is 1. The van der Waals surface area contributed by atoms with Crippen molar-refractivity contribution in [3.63, 3.8) is 0 Å². The van der Waals surface area contributed by atoms with Gasteiger partial charge < -0.3 is 19.7 Å². The van der Waals surface area contributed by atoms with E-state index in [1.165, 1.54) is 7.11 Å².